The highest BCUT2D eigenvalue weighted by molar-refractivity contribution is 5.90. The third-order valence-electron chi connectivity index (χ3n) is 3.93. The zero-order valence-corrected chi connectivity index (χ0v) is 16.0. The lowest BCUT2D eigenvalue weighted by Crippen LogP contribution is -2.02. The number of nitrogens with zero attached hydrogens (tertiary/aromatic N) is 2. The molecule has 0 radical (unpaired) electrons. The fourth-order valence-electron chi connectivity index (χ4n) is 2.75. The lowest BCUT2D eigenvalue weighted by atomic mass is 10.0. The van der Waals surface area contributed by atoms with Crippen molar-refractivity contribution in [3.05, 3.63) is 75.9 Å². The van der Waals surface area contributed by atoms with Crippen molar-refractivity contribution in [2.75, 3.05) is 13.2 Å². The number of nitro groups is 1. The summed E-state index contributed by atoms with van der Waals surface area (Å²) in [5.41, 5.74) is 2.67. The highest BCUT2D eigenvalue weighted by Gasteiger charge is 2.13. The summed E-state index contributed by atoms with van der Waals surface area (Å²) in [6, 6.07) is 11.8. The van der Waals surface area contributed by atoms with E-state index in [2.05, 4.69) is 12.6 Å². The molecular weight excluding hydrogens is 356 g/mol. The highest BCUT2D eigenvalue weighted by Crippen LogP contribution is 2.35. The van der Waals surface area contributed by atoms with Gasteiger partial charge in [0.05, 0.1) is 29.8 Å². The SMILES string of the molecule is C=CCc1cc(/C=C(\C#N)c2ccc([N+](=O)[O-])cc2)cc(OCC)c1OCC. The van der Waals surface area contributed by atoms with Gasteiger partial charge in [0.15, 0.2) is 11.5 Å². The maximum atomic E-state index is 10.8. The van der Waals surface area contributed by atoms with Crippen LogP contribution in [0.1, 0.15) is 30.5 Å². The minimum atomic E-state index is -0.470. The Bertz CT molecular complexity index is 925. The second kappa shape index (κ2) is 9.93. The van der Waals surface area contributed by atoms with Crippen molar-refractivity contribution in [2.24, 2.45) is 0 Å². The van der Waals surface area contributed by atoms with E-state index in [0.29, 0.717) is 42.3 Å². The third-order valence-corrected chi connectivity index (χ3v) is 3.93. The maximum absolute atomic E-state index is 10.8. The maximum Gasteiger partial charge on any atom is 0.269 e. The molecule has 0 bridgehead atoms. The van der Waals surface area contributed by atoms with Crippen LogP contribution >= 0.6 is 0 Å². The highest BCUT2D eigenvalue weighted by atomic mass is 16.6. The molecule has 0 atom stereocenters. The molecule has 2 rings (SSSR count). The summed E-state index contributed by atoms with van der Waals surface area (Å²) < 4.78 is 11.5. The Hall–Kier alpha value is -3.59. The number of allylic oxidation sites excluding steroid dienone is 2. The summed E-state index contributed by atoms with van der Waals surface area (Å²) >= 11 is 0. The van der Waals surface area contributed by atoms with Crippen LogP contribution in [0.15, 0.2) is 49.1 Å². The van der Waals surface area contributed by atoms with Crippen molar-refractivity contribution in [1.29, 1.82) is 5.26 Å². The van der Waals surface area contributed by atoms with Gasteiger partial charge in [0.25, 0.3) is 5.69 Å². The number of non-ortho nitro benzene ring substituents is 1. The Labute approximate surface area is 164 Å². The van der Waals surface area contributed by atoms with E-state index >= 15 is 0 Å². The number of hydrogen-bond acceptors (Lipinski definition) is 5. The summed E-state index contributed by atoms with van der Waals surface area (Å²) in [5, 5.41) is 20.4. The topological polar surface area (TPSA) is 85.4 Å². The normalized spacial score (nSPS) is 10.8. The van der Waals surface area contributed by atoms with E-state index in [1.807, 2.05) is 26.0 Å². The van der Waals surface area contributed by atoms with Gasteiger partial charge in [-0.15, -0.1) is 6.58 Å². The zero-order chi connectivity index (χ0) is 20.5. The smallest absolute Gasteiger partial charge is 0.269 e. The van der Waals surface area contributed by atoms with Crippen molar-refractivity contribution in [2.45, 2.75) is 20.3 Å². The summed E-state index contributed by atoms with van der Waals surface area (Å²) in [5.74, 6) is 1.28. The number of hydrogen-bond donors (Lipinski definition) is 0. The molecule has 0 amide bonds. The molecule has 0 unspecified atom stereocenters. The van der Waals surface area contributed by atoms with Crippen molar-refractivity contribution in [3.8, 4) is 17.6 Å². The van der Waals surface area contributed by atoms with E-state index in [-0.39, 0.29) is 5.69 Å². The molecule has 0 fully saturated rings. The third kappa shape index (κ3) is 4.98. The first-order valence-electron chi connectivity index (χ1n) is 8.94. The Balaban J connectivity index is 2.52. The van der Waals surface area contributed by atoms with Gasteiger partial charge in [-0.05, 0) is 61.7 Å². The van der Waals surface area contributed by atoms with Gasteiger partial charge < -0.3 is 9.47 Å². The van der Waals surface area contributed by atoms with E-state index in [9.17, 15) is 15.4 Å². The van der Waals surface area contributed by atoms with E-state index < -0.39 is 4.92 Å². The van der Waals surface area contributed by atoms with Gasteiger partial charge in [-0.25, -0.2) is 0 Å². The first kappa shape index (κ1) is 20.7. The molecule has 0 spiro atoms. The molecule has 0 heterocycles. The molecule has 0 aliphatic heterocycles. The summed E-state index contributed by atoms with van der Waals surface area (Å²) in [7, 11) is 0. The molecule has 0 aliphatic rings. The van der Waals surface area contributed by atoms with Gasteiger partial charge in [-0.3, -0.25) is 10.1 Å². The predicted octanol–water partition coefficient (Wildman–Crippen LogP) is 5.18. The number of nitro benzene ring substituents is 1. The van der Waals surface area contributed by atoms with Crippen LogP contribution in [0, 0.1) is 21.4 Å². The summed E-state index contributed by atoms with van der Waals surface area (Å²) in [4.78, 5) is 10.3. The molecule has 0 aliphatic carbocycles. The van der Waals surface area contributed by atoms with Crippen LogP contribution in [0.5, 0.6) is 11.5 Å². The Morgan fingerprint density at radius 1 is 1.21 bits per heavy atom. The summed E-state index contributed by atoms with van der Waals surface area (Å²) in [6.07, 6.45) is 4.10. The van der Waals surface area contributed by atoms with E-state index in [0.717, 1.165) is 11.1 Å². The number of rotatable bonds is 9. The van der Waals surface area contributed by atoms with Crippen LogP contribution in [0.4, 0.5) is 5.69 Å². The average molecular weight is 378 g/mol. The molecule has 28 heavy (non-hydrogen) atoms. The fraction of sp³-hybridized carbons (Fsp3) is 0.227. The fourth-order valence-corrected chi connectivity index (χ4v) is 2.75. The van der Waals surface area contributed by atoms with Crippen LogP contribution in [0.2, 0.25) is 0 Å². The predicted molar refractivity (Wildman–Crippen MR) is 109 cm³/mol. The lowest BCUT2D eigenvalue weighted by molar-refractivity contribution is -0.384. The van der Waals surface area contributed by atoms with Crippen molar-refractivity contribution in [1.82, 2.24) is 0 Å². The van der Waals surface area contributed by atoms with Crippen LogP contribution < -0.4 is 9.47 Å². The monoisotopic (exact) mass is 378 g/mol. The number of ether oxygens (including phenoxy) is 2. The van der Waals surface area contributed by atoms with E-state index in [1.54, 1.807) is 24.3 Å². The van der Waals surface area contributed by atoms with Crippen LogP contribution in [-0.4, -0.2) is 18.1 Å². The van der Waals surface area contributed by atoms with Gasteiger partial charge in [-0.1, -0.05) is 6.08 Å². The second-order valence-electron chi connectivity index (χ2n) is 5.84. The van der Waals surface area contributed by atoms with Gasteiger partial charge >= 0.3 is 0 Å². The first-order valence-corrected chi connectivity index (χ1v) is 8.94. The molecule has 0 saturated carbocycles. The van der Waals surface area contributed by atoms with Crippen molar-refractivity contribution >= 4 is 17.3 Å². The molecule has 0 N–H and O–H groups in total. The van der Waals surface area contributed by atoms with E-state index in [4.69, 9.17) is 9.47 Å². The Morgan fingerprint density at radius 3 is 2.43 bits per heavy atom. The van der Waals surface area contributed by atoms with Crippen molar-refractivity contribution < 1.29 is 14.4 Å². The molecule has 0 saturated heterocycles. The quantitative estimate of drug-likeness (QED) is 0.197. The zero-order valence-electron chi connectivity index (χ0n) is 16.0. The van der Waals surface area contributed by atoms with Gasteiger partial charge in [0.2, 0.25) is 0 Å². The van der Waals surface area contributed by atoms with Crippen molar-refractivity contribution in [3.63, 3.8) is 0 Å². The standard InChI is InChI=1S/C22H22N2O4/c1-4-7-18-12-16(14-21(27-5-2)22(18)28-6-3)13-19(15-23)17-8-10-20(11-9-17)24(25)26/h4,8-14H,1,5-7H2,2-3H3/b19-13+. The average Bonchev–Trinajstić information content (AvgIpc) is 2.69. The molecule has 2 aromatic rings. The largest absolute Gasteiger partial charge is 0.490 e. The Kier molecular flexibility index (Phi) is 7.35. The molecule has 2 aromatic carbocycles. The van der Waals surface area contributed by atoms with Crippen LogP contribution in [-0.2, 0) is 6.42 Å². The number of nitriles is 1. The Morgan fingerprint density at radius 2 is 1.89 bits per heavy atom. The molecule has 0 aromatic heterocycles. The van der Waals surface area contributed by atoms with Crippen LogP contribution in [0.3, 0.4) is 0 Å². The molecular formula is C22H22N2O4. The first-order chi connectivity index (χ1) is 13.5. The molecule has 6 nitrogen and oxygen atoms in total. The van der Waals surface area contributed by atoms with Gasteiger partial charge in [-0.2, -0.15) is 5.26 Å². The minimum absolute atomic E-state index is 0.0194. The molecule has 6 heteroatoms. The van der Waals surface area contributed by atoms with Crippen LogP contribution in [0.25, 0.3) is 11.6 Å². The summed E-state index contributed by atoms with van der Waals surface area (Å²) in [6.45, 7) is 8.57. The van der Waals surface area contributed by atoms with Gasteiger partial charge in [0, 0.05) is 17.7 Å². The lowest BCUT2D eigenvalue weighted by Gasteiger charge is -2.16. The van der Waals surface area contributed by atoms with E-state index in [1.165, 1.54) is 12.1 Å². The molecule has 144 valence electrons. The minimum Gasteiger partial charge on any atom is -0.490 e. The number of benzene rings is 2. The van der Waals surface area contributed by atoms with Gasteiger partial charge in [0.1, 0.15) is 0 Å². The second-order valence-corrected chi connectivity index (χ2v) is 5.84.